The van der Waals surface area contributed by atoms with E-state index in [9.17, 15) is 18.0 Å². The number of carbonyl (C=O) groups excluding carboxylic acids is 2. The summed E-state index contributed by atoms with van der Waals surface area (Å²) in [6.45, 7) is 8.34. The van der Waals surface area contributed by atoms with Crippen LogP contribution in [0.25, 0.3) is 22.9 Å². The molecule has 2 aromatic heterocycles. The lowest BCUT2D eigenvalue weighted by molar-refractivity contribution is -0.123. The predicted octanol–water partition coefficient (Wildman–Crippen LogP) is 3.82. The monoisotopic (exact) mass is 620 g/mol. The van der Waals surface area contributed by atoms with Gasteiger partial charge >= 0.3 is 6.03 Å². The van der Waals surface area contributed by atoms with Gasteiger partial charge in [0.25, 0.3) is 16.5 Å². The quantitative estimate of drug-likeness (QED) is 0.153. The highest BCUT2D eigenvalue weighted by Crippen LogP contribution is 2.24. The van der Waals surface area contributed by atoms with Crippen LogP contribution in [0.1, 0.15) is 41.6 Å². The lowest BCUT2D eigenvalue weighted by Crippen LogP contribution is -2.40. The van der Waals surface area contributed by atoms with Crippen molar-refractivity contribution in [3.05, 3.63) is 88.9 Å². The minimum Gasteiger partial charge on any atom is -0.483 e. The van der Waals surface area contributed by atoms with Crippen molar-refractivity contribution in [2.45, 2.75) is 45.4 Å². The molecule has 44 heavy (non-hydrogen) atoms. The molecule has 232 valence electrons. The summed E-state index contributed by atoms with van der Waals surface area (Å²) >= 11 is 0. The lowest BCUT2D eigenvalue weighted by Gasteiger charge is -2.10. The maximum Gasteiger partial charge on any atom is 0.328 e. The Kier molecular flexibility index (Phi) is 11.7. The van der Waals surface area contributed by atoms with Gasteiger partial charge in [-0.1, -0.05) is 36.8 Å². The molecule has 4 N–H and O–H groups in total. The number of nitrogens with one attached hydrogen (secondary N) is 3. The van der Waals surface area contributed by atoms with E-state index in [1.54, 1.807) is 18.2 Å². The number of sulfonamides is 1. The first-order valence-electron chi connectivity index (χ1n) is 13.9. The van der Waals surface area contributed by atoms with Crippen LogP contribution >= 0.6 is 0 Å². The number of benzene rings is 2. The zero-order valence-electron chi connectivity index (χ0n) is 25.0. The molecule has 3 amide bonds. The second-order valence-corrected chi connectivity index (χ2v) is 11.6. The van der Waals surface area contributed by atoms with Gasteiger partial charge in [-0.25, -0.2) is 27.9 Å². The van der Waals surface area contributed by atoms with E-state index in [0.717, 1.165) is 40.0 Å². The van der Waals surface area contributed by atoms with E-state index in [0.29, 0.717) is 24.4 Å². The number of carbonyl (C=O) groups is 3. The van der Waals surface area contributed by atoms with E-state index < -0.39 is 16.1 Å². The standard InChI is InChI=1S/C30H34N6O4S.CH2O2/c1-5-17-31-27(37)15-14-26-34-28-21(3)19-22(4)33-29(28)36(26)24-10-8-23(9-11-24)16-18-32-30(38)35-41(39,40)25-12-6-20(2)7-13-25;2-1-3/h6-15,19H,5,16-18H2,1-4H3,(H,31,37)(H2,32,35,38);1H,(H,2,3)/b15-14-;. The smallest absolute Gasteiger partial charge is 0.328 e. The van der Waals surface area contributed by atoms with Crippen LogP contribution in [0.5, 0.6) is 0 Å². The molecule has 0 fully saturated rings. The summed E-state index contributed by atoms with van der Waals surface area (Å²) in [6, 6.07) is 15.1. The first kappa shape index (κ1) is 33.5. The SMILES string of the molecule is CCCNC(=O)/C=C\c1nc2c(C)cc(C)nc2n1-c1ccc(CCNC(=O)NS(=O)(=O)c2ccc(C)cc2)cc1.O=CO. The maximum absolute atomic E-state index is 12.4. The van der Waals surface area contributed by atoms with Gasteiger partial charge in [0.2, 0.25) is 5.91 Å². The number of carboxylic acid groups (broad SMARTS) is 1. The molecule has 0 bridgehead atoms. The number of aromatic nitrogens is 3. The van der Waals surface area contributed by atoms with Gasteiger partial charge in [0.05, 0.1) is 4.90 Å². The maximum atomic E-state index is 12.4. The van der Waals surface area contributed by atoms with Crippen molar-refractivity contribution in [2.24, 2.45) is 0 Å². The van der Waals surface area contributed by atoms with Gasteiger partial charge in [-0.2, -0.15) is 0 Å². The molecule has 12 nitrogen and oxygen atoms in total. The first-order chi connectivity index (χ1) is 21.0. The summed E-state index contributed by atoms with van der Waals surface area (Å²) in [5.74, 6) is 0.388. The molecule has 2 heterocycles. The van der Waals surface area contributed by atoms with Crippen molar-refractivity contribution in [1.82, 2.24) is 29.9 Å². The molecular formula is C31H36N6O6S. The summed E-state index contributed by atoms with van der Waals surface area (Å²) in [5, 5.41) is 12.3. The number of nitrogens with zero attached hydrogens (tertiary/aromatic N) is 3. The number of hydrogen-bond acceptors (Lipinski definition) is 7. The van der Waals surface area contributed by atoms with E-state index in [2.05, 4.69) is 10.6 Å². The Morgan fingerprint density at radius 1 is 0.955 bits per heavy atom. The Morgan fingerprint density at radius 3 is 2.25 bits per heavy atom. The van der Waals surface area contributed by atoms with Crippen LogP contribution in [0, 0.1) is 20.8 Å². The summed E-state index contributed by atoms with van der Waals surface area (Å²) in [4.78, 5) is 42.3. The zero-order valence-corrected chi connectivity index (χ0v) is 25.8. The Morgan fingerprint density at radius 2 is 1.61 bits per heavy atom. The fourth-order valence-corrected chi connectivity index (χ4v) is 5.20. The summed E-state index contributed by atoms with van der Waals surface area (Å²) in [7, 11) is -3.95. The summed E-state index contributed by atoms with van der Waals surface area (Å²) < 4.78 is 28.8. The van der Waals surface area contributed by atoms with Crippen LogP contribution in [-0.2, 0) is 26.0 Å². The highest BCUT2D eigenvalue weighted by atomic mass is 32.2. The molecule has 13 heteroatoms. The topological polar surface area (TPSA) is 172 Å². The van der Waals surface area contributed by atoms with Crippen LogP contribution in [0.4, 0.5) is 4.79 Å². The third-order valence-electron chi connectivity index (χ3n) is 6.35. The normalized spacial score (nSPS) is 11.1. The third-order valence-corrected chi connectivity index (χ3v) is 7.69. The Labute approximate surface area is 256 Å². The van der Waals surface area contributed by atoms with E-state index >= 15 is 0 Å². The van der Waals surface area contributed by atoms with Gasteiger partial charge in [-0.3, -0.25) is 14.2 Å². The number of fused-ring (bicyclic) bond motifs is 1. The molecule has 0 aliphatic rings. The van der Waals surface area contributed by atoms with Crippen molar-refractivity contribution >= 4 is 45.7 Å². The van der Waals surface area contributed by atoms with Crippen molar-refractivity contribution in [3.8, 4) is 5.69 Å². The molecule has 0 atom stereocenters. The van der Waals surface area contributed by atoms with Crippen molar-refractivity contribution in [3.63, 3.8) is 0 Å². The summed E-state index contributed by atoms with van der Waals surface area (Å²) in [5.41, 5.74) is 5.97. The highest BCUT2D eigenvalue weighted by molar-refractivity contribution is 7.90. The van der Waals surface area contributed by atoms with Crippen LogP contribution in [-0.4, -0.2) is 59.6 Å². The number of urea groups is 1. The molecule has 0 radical (unpaired) electrons. The van der Waals surface area contributed by atoms with Gasteiger partial charge in [-0.05, 0) is 81.1 Å². The Bertz CT molecular complexity index is 1750. The Hall–Kier alpha value is -5.04. The fourth-order valence-electron chi connectivity index (χ4n) is 4.27. The first-order valence-corrected chi connectivity index (χ1v) is 15.3. The van der Waals surface area contributed by atoms with E-state index in [4.69, 9.17) is 19.9 Å². The van der Waals surface area contributed by atoms with Crippen molar-refractivity contribution in [2.75, 3.05) is 13.1 Å². The predicted molar refractivity (Wildman–Crippen MR) is 168 cm³/mol. The average molecular weight is 621 g/mol. The van der Waals surface area contributed by atoms with Gasteiger partial charge < -0.3 is 15.7 Å². The zero-order chi connectivity index (χ0) is 32.3. The molecular weight excluding hydrogens is 584 g/mol. The lowest BCUT2D eigenvalue weighted by atomic mass is 10.1. The molecule has 2 aromatic carbocycles. The van der Waals surface area contributed by atoms with Crippen LogP contribution in [0.15, 0.2) is 65.6 Å². The molecule has 0 aliphatic carbocycles. The number of rotatable bonds is 10. The molecule has 0 saturated heterocycles. The Balaban J connectivity index is 0.00000169. The second-order valence-electron chi connectivity index (χ2n) is 9.88. The van der Waals surface area contributed by atoms with Gasteiger partial charge in [0.1, 0.15) is 11.3 Å². The van der Waals surface area contributed by atoms with E-state index in [-0.39, 0.29) is 23.8 Å². The second kappa shape index (κ2) is 15.4. The van der Waals surface area contributed by atoms with Crippen molar-refractivity contribution in [1.29, 1.82) is 0 Å². The largest absolute Gasteiger partial charge is 0.483 e. The minimum absolute atomic E-state index is 0.0246. The van der Waals surface area contributed by atoms with Crippen LogP contribution in [0.3, 0.4) is 0 Å². The van der Waals surface area contributed by atoms with E-state index in [1.807, 2.05) is 67.3 Å². The van der Waals surface area contributed by atoms with Crippen LogP contribution in [0.2, 0.25) is 0 Å². The molecule has 0 spiro atoms. The molecule has 0 aliphatic heterocycles. The minimum atomic E-state index is -3.95. The van der Waals surface area contributed by atoms with Crippen LogP contribution < -0.4 is 15.4 Å². The molecule has 0 saturated carbocycles. The van der Waals surface area contributed by atoms with Gasteiger partial charge in [-0.15, -0.1) is 0 Å². The molecule has 4 aromatic rings. The number of hydrogen-bond donors (Lipinski definition) is 4. The molecule has 0 unspecified atom stereocenters. The highest BCUT2D eigenvalue weighted by Gasteiger charge is 2.17. The average Bonchev–Trinajstić information content (AvgIpc) is 3.34. The summed E-state index contributed by atoms with van der Waals surface area (Å²) in [6.07, 6.45) is 4.49. The third kappa shape index (κ3) is 8.98. The van der Waals surface area contributed by atoms with Gasteiger partial charge in [0.15, 0.2) is 5.65 Å². The number of imidazole rings is 1. The number of aryl methyl sites for hydroxylation is 3. The number of pyridine rings is 1. The van der Waals surface area contributed by atoms with Crippen molar-refractivity contribution < 1.29 is 27.9 Å². The van der Waals surface area contributed by atoms with E-state index in [1.165, 1.54) is 18.2 Å². The fraction of sp³-hybridized carbons (Fsp3) is 0.258. The molecule has 4 rings (SSSR count). The van der Waals surface area contributed by atoms with Gasteiger partial charge in [0, 0.05) is 30.5 Å². The number of amides is 3.